The van der Waals surface area contributed by atoms with Crippen LogP contribution in [0.3, 0.4) is 0 Å². The number of likely N-dealkylation sites (tertiary alicyclic amines) is 1. The minimum Gasteiger partial charge on any atom is -0.343 e. The molecular weight excluding hydrogens is 349 g/mol. The molecule has 0 unspecified atom stereocenters. The van der Waals surface area contributed by atoms with Gasteiger partial charge in [-0.2, -0.15) is 0 Å². The fraction of sp³-hybridized carbons (Fsp3) is 0.400. The molecule has 4 nitrogen and oxygen atoms in total. The van der Waals surface area contributed by atoms with Gasteiger partial charge in [-0.15, -0.1) is 11.3 Å². The lowest BCUT2D eigenvalue weighted by atomic mass is 10.0. The molecule has 1 aliphatic rings. The van der Waals surface area contributed by atoms with Gasteiger partial charge in [-0.05, 0) is 55.8 Å². The van der Waals surface area contributed by atoms with E-state index < -0.39 is 0 Å². The van der Waals surface area contributed by atoms with Crippen LogP contribution >= 0.6 is 11.3 Å². The van der Waals surface area contributed by atoms with Gasteiger partial charge in [0, 0.05) is 30.4 Å². The zero-order chi connectivity index (χ0) is 18.1. The van der Waals surface area contributed by atoms with E-state index in [1.807, 2.05) is 23.3 Å². The summed E-state index contributed by atoms with van der Waals surface area (Å²) in [7, 11) is 0. The standard InChI is InChI=1S/C20H22FN3OS/c1-14-22-18-6-4-15(21)13-19(18)24(14)16-8-10-23(11-9-16)20(25)7-5-17-3-2-12-26-17/h2-4,6,12-13,16H,5,7-11H2,1H3. The highest BCUT2D eigenvalue weighted by atomic mass is 32.1. The second-order valence-corrected chi connectivity index (χ2v) is 7.89. The Balaban J connectivity index is 1.41. The maximum atomic E-state index is 13.7. The smallest absolute Gasteiger partial charge is 0.222 e. The van der Waals surface area contributed by atoms with Gasteiger partial charge >= 0.3 is 0 Å². The summed E-state index contributed by atoms with van der Waals surface area (Å²) in [5.41, 5.74) is 1.68. The number of carbonyl (C=O) groups excluding carboxylic acids is 1. The van der Waals surface area contributed by atoms with E-state index in [4.69, 9.17) is 0 Å². The van der Waals surface area contributed by atoms with Crippen LogP contribution in [0.15, 0.2) is 35.7 Å². The van der Waals surface area contributed by atoms with Crippen molar-refractivity contribution in [1.29, 1.82) is 0 Å². The van der Waals surface area contributed by atoms with Gasteiger partial charge in [0.25, 0.3) is 0 Å². The van der Waals surface area contributed by atoms with Crippen LogP contribution in [0.2, 0.25) is 0 Å². The van der Waals surface area contributed by atoms with Crippen molar-refractivity contribution in [3.63, 3.8) is 0 Å². The molecule has 0 atom stereocenters. The summed E-state index contributed by atoms with van der Waals surface area (Å²) >= 11 is 1.70. The lowest BCUT2D eigenvalue weighted by Gasteiger charge is -2.33. The lowest BCUT2D eigenvalue weighted by molar-refractivity contribution is -0.132. The largest absolute Gasteiger partial charge is 0.343 e. The highest BCUT2D eigenvalue weighted by Gasteiger charge is 2.25. The number of benzene rings is 1. The number of piperidine rings is 1. The second-order valence-electron chi connectivity index (χ2n) is 6.85. The third-order valence-corrected chi connectivity index (χ3v) is 6.11. The van der Waals surface area contributed by atoms with Crippen molar-refractivity contribution in [2.75, 3.05) is 13.1 Å². The van der Waals surface area contributed by atoms with Crippen molar-refractivity contribution in [1.82, 2.24) is 14.5 Å². The van der Waals surface area contributed by atoms with E-state index in [-0.39, 0.29) is 17.8 Å². The minimum absolute atomic E-state index is 0.232. The molecule has 2 aromatic heterocycles. The number of carbonyl (C=O) groups is 1. The number of nitrogens with zero attached hydrogens (tertiary/aromatic N) is 3. The van der Waals surface area contributed by atoms with E-state index in [0.717, 1.165) is 49.2 Å². The first-order valence-corrected chi connectivity index (χ1v) is 9.94. The molecule has 1 saturated heterocycles. The summed E-state index contributed by atoms with van der Waals surface area (Å²) in [6.07, 6.45) is 3.16. The number of thiophene rings is 1. The van der Waals surface area contributed by atoms with Crippen molar-refractivity contribution < 1.29 is 9.18 Å². The molecule has 1 aliphatic heterocycles. The third-order valence-electron chi connectivity index (χ3n) is 5.18. The predicted molar refractivity (Wildman–Crippen MR) is 102 cm³/mol. The normalized spacial score (nSPS) is 15.7. The molecule has 1 aromatic carbocycles. The quantitative estimate of drug-likeness (QED) is 0.684. The number of hydrogen-bond acceptors (Lipinski definition) is 3. The molecule has 0 N–H and O–H groups in total. The molecule has 3 heterocycles. The number of amides is 1. The number of aryl methyl sites for hydroxylation is 2. The Morgan fingerprint density at radius 3 is 2.85 bits per heavy atom. The number of halogens is 1. The molecule has 0 spiro atoms. The topological polar surface area (TPSA) is 38.1 Å². The Kier molecular flexibility index (Phi) is 4.76. The minimum atomic E-state index is -0.236. The third kappa shape index (κ3) is 3.38. The van der Waals surface area contributed by atoms with Crippen molar-refractivity contribution in [3.05, 3.63) is 52.2 Å². The fourth-order valence-electron chi connectivity index (χ4n) is 3.86. The molecule has 3 aromatic rings. The van der Waals surface area contributed by atoms with Gasteiger partial charge in [0.05, 0.1) is 11.0 Å². The molecule has 4 rings (SSSR count). The van der Waals surface area contributed by atoms with Crippen molar-refractivity contribution in [3.8, 4) is 0 Å². The molecule has 0 saturated carbocycles. The van der Waals surface area contributed by atoms with Gasteiger partial charge in [0.2, 0.25) is 5.91 Å². The number of fused-ring (bicyclic) bond motifs is 1. The van der Waals surface area contributed by atoms with Gasteiger partial charge in [0.1, 0.15) is 11.6 Å². The van der Waals surface area contributed by atoms with Crippen LogP contribution in [0.25, 0.3) is 11.0 Å². The Labute approximate surface area is 156 Å². The van der Waals surface area contributed by atoms with Crippen LogP contribution in [0, 0.1) is 12.7 Å². The fourth-order valence-corrected chi connectivity index (χ4v) is 4.57. The number of imidazole rings is 1. The van der Waals surface area contributed by atoms with Gasteiger partial charge in [-0.3, -0.25) is 4.79 Å². The predicted octanol–water partition coefficient (Wildman–Crippen LogP) is 4.34. The van der Waals surface area contributed by atoms with Gasteiger partial charge in [-0.1, -0.05) is 6.07 Å². The number of rotatable bonds is 4. The summed E-state index contributed by atoms with van der Waals surface area (Å²) in [4.78, 5) is 20.3. The summed E-state index contributed by atoms with van der Waals surface area (Å²) in [5.74, 6) is 0.906. The Morgan fingerprint density at radius 1 is 1.31 bits per heavy atom. The van der Waals surface area contributed by atoms with Crippen LogP contribution in [-0.2, 0) is 11.2 Å². The molecule has 0 radical (unpaired) electrons. The highest BCUT2D eigenvalue weighted by molar-refractivity contribution is 7.09. The Morgan fingerprint density at radius 2 is 2.12 bits per heavy atom. The lowest BCUT2D eigenvalue weighted by Crippen LogP contribution is -2.39. The van der Waals surface area contributed by atoms with Crippen molar-refractivity contribution in [2.45, 2.75) is 38.6 Å². The van der Waals surface area contributed by atoms with E-state index in [0.29, 0.717) is 6.42 Å². The second kappa shape index (κ2) is 7.19. The van der Waals surface area contributed by atoms with Gasteiger partial charge in [-0.25, -0.2) is 9.37 Å². The maximum Gasteiger partial charge on any atom is 0.222 e. The summed E-state index contributed by atoms with van der Waals surface area (Å²) in [6, 6.07) is 9.12. The van der Waals surface area contributed by atoms with E-state index >= 15 is 0 Å². The Hall–Kier alpha value is -2.21. The molecule has 0 bridgehead atoms. The highest BCUT2D eigenvalue weighted by Crippen LogP contribution is 2.29. The summed E-state index contributed by atoms with van der Waals surface area (Å²) < 4.78 is 15.8. The van der Waals surface area contributed by atoms with Crippen LogP contribution < -0.4 is 0 Å². The Bertz CT molecular complexity index is 911. The van der Waals surface area contributed by atoms with E-state index in [2.05, 4.69) is 15.6 Å². The first-order valence-electron chi connectivity index (χ1n) is 9.06. The molecule has 1 amide bonds. The van der Waals surface area contributed by atoms with Crippen LogP contribution in [-0.4, -0.2) is 33.4 Å². The maximum absolute atomic E-state index is 13.7. The zero-order valence-electron chi connectivity index (χ0n) is 14.8. The molecule has 0 aliphatic carbocycles. The average Bonchev–Trinajstić information content (AvgIpc) is 3.26. The van der Waals surface area contributed by atoms with Crippen molar-refractivity contribution >= 4 is 28.3 Å². The van der Waals surface area contributed by atoms with Crippen molar-refractivity contribution in [2.24, 2.45) is 0 Å². The number of aromatic nitrogens is 2. The van der Waals surface area contributed by atoms with Gasteiger partial charge in [0.15, 0.2) is 0 Å². The average molecular weight is 371 g/mol. The summed E-state index contributed by atoms with van der Waals surface area (Å²) in [5, 5.41) is 2.05. The van der Waals surface area contributed by atoms with Crippen LogP contribution in [0.5, 0.6) is 0 Å². The van der Waals surface area contributed by atoms with E-state index in [9.17, 15) is 9.18 Å². The van der Waals surface area contributed by atoms with Crippen LogP contribution in [0.4, 0.5) is 4.39 Å². The van der Waals surface area contributed by atoms with E-state index in [1.54, 1.807) is 23.5 Å². The van der Waals surface area contributed by atoms with Gasteiger partial charge < -0.3 is 9.47 Å². The molecular formula is C20H22FN3OS. The molecule has 6 heteroatoms. The molecule has 1 fully saturated rings. The van der Waals surface area contributed by atoms with Crippen LogP contribution in [0.1, 0.15) is 36.0 Å². The zero-order valence-corrected chi connectivity index (χ0v) is 15.6. The molecule has 136 valence electrons. The van der Waals surface area contributed by atoms with E-state index in [1.165, 1.54) is 10.9 Å². The monoisotopic (exact) mass is 371 g/mol. The number of hydrogen-bond donors (Lipinski definition) is 0. The first-order chi connectivity index (χ1) is 12.6. The SMILES string of the molecule is Cc1nc2ccc(F)cc2n1C1CCN(C(=O)CCc2cccs2)CC1. The summed E-state index contributed by atoms with van der Waals surface area (Å²) in [6.45, 7) is 3.47. The molecule has 26 heavy (non-hydrogen) atoms. The first kappa shape index (κ1) is 17.2.